The number of aromatic carboxylic acids is 1. The van der Waals surface area contributed by atoms with Gasteiger partial charge in [0.25, 0.3) is 0 Å². The first-order chi connectivity index (χ1) is 9.61. The number of carboxylic acid groups (broad SMARTS) is 1. The van der Waals surface area contributed by atoms with E-state index in [-0.39, 0.29) is 0 Å². The van der Waals surface area contributed by atoms with E-state index in [0.29, 0.717) is 24.3 Å². The first kappa shape index (κ1) is 14.5. The molecule has 6 heteroatoms. The lowest BCUT2D eigenvalue weighted by atomic mass is 10.2. The van der Waals surface area contributed by atoms with E-state index < -0.39 is 5.97 Å². The van der Waals surface area contributed by atoms with Gasteiger partial charge < -0.3 is 10.4 Å². The Labute approximate surface area is 122 Å². The summed E-state index contributed by atoms with van der Waals surface area (Å²) in [7, 11) is 0. The Hall–Kier alpha value is -1.95. The second kappa shape index (κ2) is 6.47. The van der Waals surface area contributed by atoms with Crippen LogP contribution in [0.5, 0.6) is 0 Å². The second-order valence-corrected chi connectivity index (χ2v) is 5.24. The highest BCUT2D eigenvalue weighted by atomic mass is 32.2. The van der Waals surface area contributed by atoms with Crippen molar-refractivity contribution in [1.29, 1.82) is 0 Å². The van der Waals surface area contributed by atoms with Crippen molar-refractivity contribution in [3.8, 4) is 0 Å². The molecule has 0 aliphatic carbocycles. The third kappa shape index (κ3) is 3.33. The number of anilines is 1. The van der Waals surface area contributed by atoms with Crippen molar-refractivity contribution < 1.29 is 9.90 Å². The van der Waals surface area contributed by atoms with Gasteiger partial charge in [-0.1, -0.05) is 6.07 Å². The molecule has 0 fully saturated rings. The van der Waals surface area contributed by atoms with Crippen LogP contribution in [0.4, 0.5) is 5.69 Å². The van der Waals surface area contributed by atoms with Crippen LogP contribution in [0.1, 0.15) is 15.9 Å². The number of nitrogens with one attached hydrogen (secondary N) is 1. The zero-order chi connectivity index (χ0) is 14.5. The van der Waals surface area contributed by atoms with E-state index in [1.165, 1.54) is 11.8 Å². The third-order valence-corrected chi connectivity index (χ3v) is 3.66. The van der Waals surface area contributed by atoms with Gasteiger partial charge in [-0.05, 0) is 30.9 Å². The van der Waals surface area contributed by atoms with E-state index in [2.05, 4.69) is 10.4 Å². The Morgan fingerprint density at radius 3 is 2.90 bits per heavy atom. The van der Waals surface area contributed by atoms with Crippen molar-refractivity contribution in [3.63, 3.8) is 0 Å². The summed E-state index contributed by atoms with van der Waals surface area (Å²) in [4.78, 5) is 12.1. The molecule has 1 aromatic carbocycles. The lowest BCUT2D eigenvalue weighted by molar-refractivity contribution is 0.0694. The summed E-state index contributed by atoms with van der Waals surface area (Å²) in [6, 6.07) is 5.46. The molecule has 1 aromatic heterocycles. The van der Waals surface area contributed by atoms with Crippen LogP contribution in [0.25, 0.3) is 0 Å². The van der Waals surface area contributed by atoms with Gasteiger partial charge in [0.05, 0.1) is 18.3 Å². The predicted molar refractivity (Wildman–Crippen MR) is 80.6 cm³/mol. The van der Waals surface area contributed by atoms with Crippen molar-refractivity contribution in [2.45, 2.75) is 18.4 Å². The van der Waals surface area contributed by atoms with Gasteiger partial charge in [-0.3, -0.25) is 4.68 Å². The molecule has 0 atom stereocenters. The van der Waals surface area contributed by atoms with Gasteiger partial charge >= 0.3 is 5.97 Å². The Balaban J connectivity index is 2.07. The number of carboxylic acids is 1. The summed E-state index contributed by atoms with van der Waals surface area (Å²) in [5, 5.41) is 16.7. The second-order valence-electron chi connectivity index (χ2n) is 4.40. The molecule has 2 N–H and O–H groups in total. The minimum Gasteiger partial charge on any atom is -0.478 e. The molecule has 0 radical (unpaired) electrons. The van der Waals surface area contributed by atoms with Crippen molar-refractivity contribution in [3.05, 3.63) is 41.7 Å². The van der Waals surface area contributed by atoms with E-state index in [1.807, 2.05) is 36.2 Å². The molecule has 0 amide bonds. The molecule has 0 bridgehead atoms. The lowest BCUT2D eigenvalue weighted by Gasteiger charge is -2.12. The van der Waals surface area contributed by atoms with Crippen molar-refractivity contribution in [1.82, 2.24) is 9.78 Å². The zero-order valence-corrected chi connectivity index (χ0v) is 12.3. The van der Waals surface area contributed by atoms with E-state index in [4.69, 9.17) is 0 Å². The van der Waals surface area contributed by atoms with Crippen LogP contribution >= 0.6 is 11.8 Å². The molecule has 106 valence electrons. The summed E-state index contributed by atoms with van der Waals surface area (Å²) < 4.78 is 1.83. The number of thioether (sulfide) groups is 1. The van der Waals surface area contributed by atoms with Crippen LogP contribution in [-0.2, 0) is 6.54 Å². The first-order valence-corrected chi connectivity index (χ1v) is 7.47. The largest absolute Gasteiger partial charge is 0.478 e. The summed E-state index contributed by atoms with van der Waals surface area (Å²) in [5.41, 5.74) is 2.09. The Morgan fingerprint density at radius 1 is 1.50 bits per heavy atom. The monoisotopic (exact) mass is 291 g/mol. The number of carbonyl (C=O) groups is 1. The molecule has 2 rings (SSSR count). The van der Waals surface area contributed by atoms with Crippen LogP contribution in [0.2, 0.25) is 0 Å². The van der Waals surface area contributed by atoms with Crippen LogP contribution in [0, 0.1) is 6.92 Å². The average molecular weight is 291 g/mol. The standard InChI is InChI=1S/C14H17N3O2S/c1-10-8-16-17(9-10)7-6-15-11-4-3-5-12(20-2)13(11)14(18)19/h3-5,8-9,15H,6-7H2,1-2H3,(H,18,19). The Kier molecular flexibility index (Phi) is 4.68. The summed E-state index contributed by atoms with van der Waals surface area (Å²) in [6.45, 7) is 3.30. The summed E-state index contributed by atoms with van der Waals surface area (Å²) in [6.07, 6.45) is 5.63. The molecule has 5 nitrogen and oxygen atoms in total. The molecule has 0 aliphatic heterocycles. The Bertz CT molecular complexity index is 610. The van der Waals surface area contributed by atoms with Gasteiger partial charge in [0.15, 0.2) is 0 Å². The summed E-state index contributed by atoms with van der Waals surface area (Å²) >= 11 is 1.43. The van der Waals surface area contributed by atoms with E-state index >= 15 is 0 Å². The number of nitrogens with zero attached hydrogens (tertiary/aromatic N) is 2. The zero-order valence-electron chi connectivity index (χ0n) is 11.5. The van der Waals surface area contributed by atoms with E-state index in [0.717, 1.165) is 10.5 Å². The molecular weight excluding hydrogens is 274 g/mol. The highest BCUT2D eigenvalue weighted by Gasteiger charge is 2.14. The number of rotatable bonds is 6. The molecule has 0 saturated carbocycles. The van der Waals surface area contributed by atoms with E-state index in [9.17, 15) is 9.90 Å². The van der Waals surface area contributed by atoms with Crippen LogP contribution in [-0.4, -0.2) is 33.7 Å². The van der Waals surface area contributed by atoms with Crippen LogP contribution in [0.3, 0.4) is 0 Å². The topological polar surface area (TPSA) is 67.2 Å². The fourth-order valence-electron chi connectivity index (χ4n) is 1.96. The number of hydrogen-bond acceptors (Lipinski definition) is 4. The molecule has 0 spiro atoms. The number of hydrogen-bond donors (Lipinski definition) is 2. The highest BCUT2D eigenvalue weighted by Crippen LogP contribution is 2.27. The van der Waals surface area contributed by atoms with E-state index in [1.54, 1.807) is 12.3 Å². The van der Waals surface area contributed by atoms with Gasteiger partial charge in [0, 0.05) is 23.3 Å². The maximum absolute atomic E-state index is 11.4. The Morgan fingerprint density at radius 2 is 2.30 bits per heavy atom. The highest BCUT2D eigenvalue weighted by molar-refractivity contribution is 7.98. The fourth-order valence-corrected chi connectivity index (χ4v) is 2.58. The maximum Gasteiger partial charge on any atom is 0.338 e. The van der Waals surface area contributed by atoms with Crippen molar-refractivity contribution >= 4 is 23.4 Å². The van der Waals surface area contributed by atoms with Crippen LogP contribution < -0.4 is 5.32 Å². The van der Waals surface area contributed by atoms with Crippen LogP contribution in [0.15, 0.2) is 35.5 Å². The van der Waals surface area contributed by atoms with Gasteiger partial charge in [0.1, 0.15) is 0 Å². The summed E-state index contributed by atoms with van der Waals surface area (Å²) in [5.74, 6) is -0.910. The van der Waals surface area contributed by atoms with Crippen molar-refractivity contribution in [2.24, 2.45) is 0 Å². The molecule has 20 heavy (non-hydrogen) atoms. The molecule has 0 saturated heterocycles. The average Bonchev–Trinajstić information content (AvgIpc) is 2.83. The minimum absolute atomic E-state index is 0.330. The lowest BCUT2D eigenvalue weighted by Crippen LogP contribution is -2.13. The van der Waals surface area contributed by atoms with Gasteiger partial charge in [-0.15, -0.1) is 11.8 Å². The number of aryl methyl sites for hydroxylation is 1. The molecule has 0 aliphatic rings. The third-order valence-electron chi connectivity index (χ3n) is 2.88. The predicted octanol–water partition coefficient (Wildman–Crippen LogP) is 2.72. The number of aromatic nitrogens is 2. The SMILES string of the molecule is CSc1cccc(NCCn2cc(C)cn2)c1C(=O)O. The van der Waals surface area contributed by atoms with Gasteiger partial charge in [0.2, 0.25) is 0 Å². The number of benzene rings is 1. The molecule has 0 unspecified atom stereocenters. The fraction of sp³-hybridized carbons (Fsp3) is 0.286. The first-order valence-electron chi connectivity index (χ1n) is 6.25. The minimum atomic E-state index is -0.910. The maximum atomic E-state index is 11.4. The molecule has 1 heterocycles. The van der Waals surface area contributed by atoms with Gasteiger partial charge in [-0.25, -0.2) is 4.79 Å². The smallest absolute Gasteiger partial charge is 0.338 e. The normalized spacial score (nSPS) is 10.5. The quantitative estimate of drug-likeness (QED) is 0.801. The molecule has 2 aromatic rings. The van der Waals surface area contributed by atoms with Gasteiger partial charge in [-0.2, -0.15) is 5.10 Å². The molecular formula is C14H17N3O2S. The van der Waals surface area contributed by atoms with Crippen molar-refractivity contribution in [2.75, 3.05) is 18.1 Å².